The van der Waals surface area contributed by atoms with Gasteiger partial charge in [-0.15, -0.1) is 10.2 Å². The molecule has 2 aromatic heterocycles. The number of hydrogen-bond acceptors (Lipinski definition) is 10. The Hall–Kier alpha value is -2.77. The molecule has 200 valence electrons. The molecule has 11 nitrogen and oxygen atoms in total. The van der Waals surface area contributed by atoms with Gasteiger partial charge in [0, 0.05) is 13.3 Å². The van der Waals surface area contributed by atoms with E-state index in [0.717, 1.165) is 0 Å². The van der Waals surface area contributed by atoms with Crippen LogP contribution in [0.15, 0.2) is 36.5 Å². The standard InChI is InChI=1S/C24H29ClN4O7S/c1-15(23(34-4)17-9-8-16(25)12-26-17)37(30,31)14-21-27-28-24(20-13-35-10-11-36-20)29(21)22-18(32-2)6-5-7-19(22)33-3/h5-9,12,15,20,23H,10-11,13-14H2,1-4H3/t15-,20-,23-/m0/s1. The molecule has 13 heteroatoms. The first kappa shape index (κ1) is 27.3. The van der Waals surface area contributed by atoms with E-state index in [2.05, 4.69) is 15.2 Å². The van der Waals surface area contributed by atoms with Gasteiger partial charge in [-0.3, -0.25) is 9.55 Å². The van der Waals surface area contributed by atoms with Crippen LogP contribution in [0.25, 0.3) is 5.69 Å². The van der Waals surface area contributed by atoms with Crippen molar-refractivity contribution in [3.63, 3.8) is 0 Å². The van der Waals surface area contributed by atoms with Crippen LogP contribution in [-0.4, -0.2) is 74.6 Å². The molecule has 1 aliphatic rings. The Balaban J connectivity index is 1.78. The van der Waals surface area contributed by atoms with Crippen molar-refractivity contribution < 1.29 is 32.1 Å². The summed E-state index contributed by atoms with van der Waals surface area (Å²) < 4.78 is 57.2. The summed E-state index contributed by atoms with van der Waals surface area (Å²) >= 11 is 5.95. The normalized spacial score (nSPS) is 17.8. The number of pyridine rings is 1. The number of hydrogen-bond donors (Lipinski definition) is 0. The third-order valence-corrected chi connectivity index (χ3v) is 8.37. The number of rotatable bonds is 10. The van der Waals surface area contributed by atoms with E-state index in [0.29, 0.717) is 46.9 Å². The number of halogens is 1. The average molecular weight is 553 g/mol. The number of nitrogens with zero attached hydrogens (tertiary/aromatic N) is 4. The fourth-order valence-electron chi connectivity index (χ4n) is 4.17. The number of ether oxygens (including phenoxy) is 5. The smallest absolute Gasteiger partial charge is 0.169 e. The molecule has 1 aliphatic heterocycles. The highest BCUT2D eigenvalue weighted by molar-refractivity contribution is 7.91. The minimum Gasteiger partial charge on any atom is -0.494 e. The van der Waals surface area contributed by atoms with E-state index in [1.807, 2.05) is 0 Å². The summed E-state index contributed by atoms with van der Waals surface area (Å²) in [7, 11) is 0.628. The van der Waals surface area contributed by atoms with Crippen molar-refractivity contribution in [1.82, 2.24) is 19.7 Å². The minimum atomic E-state index is -3.84. The van der Waals surface area contributed by atoms with Crippen LogP contribution < -0.4 is 9.47 Å². The van der Waals surface area contributed by atoms with Gasteiger partial charge < -0.3 is 23.7 Å². The van der Waals surface area contributed by atoms with E-state index < -0.39 is 33.0 Å². The van der Waals surface area contributed by atoms with Gasteiger partial charge in [0.05, 0.1) is 50.0 Å². The summed E-state index contributed by atoms with van der Waals surface area (Å²) in [6.45, 7) is 2.64. The van der Waals surface area contributed by atoms with Gasteiger partial charge in [0.15, 0.2) is 21.5 Å². The van der Waals surface area contributed by atoms with Crippen LogP contribution in [-0.2, 0) is 29.8 Å². The lowest BCUT2D eigenvalue weighted by Crippen LogP contribution is -2.30. The zero-order valence-corrected chi connectivity index (χ0v) is 22.5. The predicted octanol–water partition coefficient (Wildman–Crippen LogP) is 3.11. The van der Waals surface area contributed by atoms with Crippen LogP contribution >= 0.6 is 11.6 Å². The van der Waals surface area contributed by atoms with Crippen LogP contribution in [0, 0.1) is 0 Å². The molecule has 1 aromatic carbocycles. The number of sulfone groups is 1. The molecule has 0 aliphatic carbocycles. The quantitative estimate of drug-likeness (QED) is 0.370. The third-order valence-electron chi connectivity index (χ3n) is 6.10. The maximum Gasteiger partial charge on any atom is 0.169 e. The summed E-state index contributed by atoms with van der Waals surface area (Å²) in [6, 6.07) is 8.54. The molecule has 0 radical (unpaired) electrons. The second-order valence-corrected chi connectivity index (χ2v) is 11.1. The van der Waals surface area contributed by atoms with Crippen LogP contribution in [0.2, 0.25) is 5.02 Å². The second kappa shape index (κ2) is 11.7. The van der Waals surface area contributed by atoms with Crippen molar-refractivity contribution in [2.45, 2.75) is 30.1 Å². The fraction of sp³-hybridized carbons (Fsp3) is 0.458. The Bertz CT molecular complexity index is 1290. The Kier molecular flexibility index (Phi) is 8.65. The van der Waals surface area contributed by atoms with E-state index in [1.54, 1.807) is 41.8 Å². The molecule has 1 fully saturated rings. The number of benzene rings is 1. The molecule has 0 spiro atoms. The summed E-state index contributed by atoms with van der Waals surface area (Å²) in [5.74, 6) is 0.998. The van der Waals surface area contributed by atoms with Crippen LogP contribution in [0.3, 0.4) is 0 Å². The molecule has 3 atom stereocenters. The molecule has 3 heterocycles. The van der Waals surface area contributed by atoms with E-state index >= 15 is 0 Å². The first-order chi connectivity index (χ1) is 17.8. The molecule has 37 heavy (non-hydrogen) atoms. The molecule has 0 bridgehead atoms. The first-order valence-electron chi connectivity index (χ1n) is 11.5. The lowest BCUT2D eigenvalue weighted by molar-refractivity contribution is -0.0942. The van der Waals surface area contributed by atoms with Crippen molar-refractivity contribution >= 4 is 21.4 Å². The van der Waals surface area contributed by atoms with Crippen LogP contribution in [0.1, 0.15) is 36.5 Å². The van der Waals surface area contributed by atoms with Gasteiger partial charge >= 0.3 is 0 Å². The summed E-state index contributed by atoms with van der Waals surface area (Å²) in [6.07, 6.45) is 0.0643. The van der Waals surface area contributed by atoms with E-state index in [-0.39, 0.29) is 12.4 Å². The molecule has 0 saturated carbocycles. The highest BCUT2D eigenvalue weighted by Crippen LogP contribution is 2.37. The Labute approximate surface area is 220 Å². The Morgan fingerprint density at radius 3 is 2.41 bits per heavy atom. The lowest BCUT2D eigenvalue weighted by atomic mass is 10.2. The third kappa shape index (κ3) is 5.73. The molecule has 1 saturated heterocycles. The number of para-hydroxylation sites is 1. The van der Waals surface area contributed by atoms with E-state index in [9.17, 15) is 8.42 Å². The number of aromatic nitrogens is 4. The monoisotopic (exact) mass is 552 g/mol. The van der Waals surface area contributed by atoms with E-state index in [1.165, 1.54) is 27.5 Å². The molecule has 4 rings (SSSR count). The summed E-state index contributed by atoms with van der Waals surface area (Å²) in [4.78, 5) is 4.25. The van der Waals surface area contributed by atoms with Gasteiger partial charge in [0.1, 0.15) is 35.1 Å². The van der Waals surface area contributed by atoms with Gasteiger partial charge in [-0.25, -0.2) is 8.42 Å². The van der Waals surface area contributed by atoms with Gasteiger partial charge in [-0.2, -0.15) is 0 Å². The van der Waals surface area contributed by atoms with Crippen molar-refractivity contribution in [2.75, 3.05) is 41.2 Å². The molecular formula is C24H29ClN4O7S. The number of methoxy groups -OCH3 is 3. The largest absolute Gasteiger partial charge is 0.494 e. The van der Waals surface area contributed by atoms with Gasteiger partial charge in [-0.1, -0.05) is 17.7 Å². The highest BCUT2D eigenvalue weighted by Gasteiger charge is 2.35. The van der Waals surface area contributed by atoms with Crippen molar-refractivity contribution in [3.8, 4) is 17.2 Å². The Morgan fingerprint density at radius 2 is 1.84 bits per heavy atom. The molecule has 0 N–H and O–H groups in total. The summed E-state index contributed by atoms with van der Waals surface area (Å²) in [5.41, 5.74) is 0.909. The predicted molar refractivity (Wildman–Crippen MR) is 135 cm³/mol. The minimum absolute atomic E-state index is 0.165. The molecular weight excluding hydrogens is 524 g/mol. The second-order valence-electron chi connectivity index (χ2n) is 8.33. The summed E-state index contributed by atoms with van der Waals surface area (Å²) in [5, 5.41) is 8.06. The van der Waals surface area contributed by atoms with Crippen molar-refractivity contribution in [1.29, 1.82) is 0 Å². The van der Waals surface area contributed by atoms with Crippen molar-refractivity contribution in [3.05, 3.63) is 58.9 Å². The average Bonchev–Trinajstić information content (AvgIpc) is 3.32. The van der Waals surface area contributed by atoms with E-state index in [4.69, 9.17) is 35.3 Å². The fourth-order valence-corrected chi connectivity index (χ4v) is 5.72. The lowest BCUT2D eigenvalue weighted by Gasteiger charge is -2.25. The molecule has 3 aromatic rings. The zero-order valence-electron chi connectivity index (χ0n) is 21.0. The molecule has 0 unspecified atom stereocenters. The van der Waals surface area contributed by atoms with Gasteiger partial charge in [-0.05, 0) is 31.2 Å². The maximum atomic E-state index is 13.7. The van der Waals surface area contributed by atoms with Crippen LogP contribution in [0.5, 0.6) is 11.5 Å². The maximum absolute atomic E-state index is 13.7. The van der Waals surface area contributed by atoms with Gasteiger partial charge in [0.25, 0.3) is 0 Å². The topological polar surface area (TPSA) is 124 Å². The first-order valence-corrected chi connectivity index (χ1v) is 13.6. The molecule has 0 amide bonds. The van der Waals surface area contributed by atoms with Gasteiger partial charge in [0.2, 0.25) is 0 Å². The SMILES string of the molecule is COc1cccc(OC)c1-n1c(CS(=O)(=O)[C@@H](C)[C@H](OC)c2ccc(Cl)cn2)nnc1[C@@H]1COCCO1. The Morgan fingerprint density at radius 1 is 1.11 bits per heavy atom. The zero-order chi connectivity index (χ0) is 26.6. The van der Waals surface area contributed by atoms with Crippen LogP contribution in [0.4, 0.5) is 0 Å². The van der Waals surface area contributed by atoms with Crippen molar-refractivity contribution in [2.24, 2.45) is 0 Å². The highest BCUT2D eigenvalue weighted by atomic mass is 35.5.